The lowest BCUT2D eigenvalue weighted by atomic mass is 10.2. The minimum atomic E-state index is -0.464. The van der Waals surface area contributed by atoms with Crippen LogP contribution < -0.4 is 15.4 Å². The fourth-order valence-electron chi connectivity index (χ4n) is 1.99. The van der Waals surface area contributed by atoms with E-state index in [4.69, 9.17) is 4.74 Å². The predicted octanol–water partition coefficient (Wildman–Crippen LogP) is 1.91. The van der Waals surface area contributed by atoms with E-state index in [1.165, 1.54) is 12.1 Å². The van der Waals surface area contributed by atoms with E-state index in [0.29, 0.717) is 12.3 Å². The second-order valence-electron chi connectivity index (χ2n) is 4.22. The molecular weight excluding hydrogens is 235 g/mol. The minimum absolute atomic E-state index is 0.115. The highest BCUT2D eigenvalue weighted by molar-refractivity contribution is 5.95. The van der Waals surface area contributed by atoms with Crippen molar-refractivity contribution in [1.82, 2.24) is 5.32 Å². The molecule has 2 N–H and O–H groups in total. The van der Waals surface area contributed by atoms with E-state index in [-0.39, 0.29) is 17.7 Å². The Labute approximate surface area is 106 Å². The Kier molecular flexibility index (Phi) is 4.15. The molecule has 1 heterocycles. The molecule has 0 radical (unpaired) electrons. The molecule has 1 amide bonds. The molecule has 0 aliphatic carbocycles. The number of halogens is 1. The van der Waals surface area contributed by atoms with Gasteiger partial charge in [0.05, 0.1) is 12.6 Å². The van der Waals surface area contributed by atoms with Crippen molar-refractivity contribution in [2.24, 2.45) is 0 Å². The number of carbonyl (C=O) groups excluding carboxylic acids is 1. The first kappa shape index (κ1) is 12.8. The Morgan fingerprint density at radius 1 is 1.61 bits per heavy atom. The quantitative estimate of drug-likeness (QED) is 0.860. The van der Waals surface area contributed by atoms with E-state index < -0.39 is 5.82 Å². The molecule has 0 aromatic heterocycles. The molecule has 1 aliphatic heterocycles. The number of carbonyl (C=O) groups is 1. The standard InChI is InChI=1S/C13H17FN2O2/c1-2-18-12-6-5-9(8-10(12)14)16-13(17)11-4-3-7-15-11/h5-6,8,11,15H,2-4,7H2,1H3,(H,16,17). The molecule has 0 spiro atoms. The monoisotopic (exact) mass is 252 g/mol. The Morgan fingerprint density at radius 2 is 2.44 bits per heavy atom. The SMILES string of the molecule is CCOc1ccc(NC(=O)C2CCCN2)cc1F. The van der Waals surface area contributed by atoms with Crippen LogP contribution >= 0.6 is 0 Å². The zero-order valence-electron chi connectivity index (χ0n) is 10.3. The van der Waals surface area contributed by atoms with Crippen LogP contribution in [0.3, 0.4) is 0 Å². The van der Waals surface area contributed by atoms with Gasteiger partial charge < -0.3 is 15.4 Å². The molecule has 1 saturated heterocycles. The fraction of sp³-hybridized carbons (Fsp3) is 0.462. The maximum atomic E-state index is 13.6. The van der Waals surface area contributed by atoms with Crippen molar-refractivity contribution in [3.63, 3.8) is 0 Å². The van der Waals surface area contributed by atoms with Gasteiger partial charge in [0.15, 0.2) is 11.6 Å². The van der Waals surface area contributed by atoms with Crippen molar-refractivity contribution in [1.29, 1.82) is 0 Å². The Balaban J connectivity index is 2.00. The second kappa shape index (κ2) is 5.82. The van der Waals surface area contributed by atoms with Gasteiger partial charge in [-0.25, -0.2) is 4.39 Å². The van der Waals surface area contributed by atoms with Gasteiger partial charge in [0, 0.05) is 11.8 Å². The molecule has 1 atom stereocenters. The van der Waals surface area contributed by atoms with Gasteiger partial charge in [-0.2, -0.15) is 0 Å². The highest BCUT2D eigenvalue weighted by Gasteiger charge is 2.22. The van der Waals surface area contributed by atoms with Crippen LogP contribution in [0, 0.1) is 5.82 Å². The third-order valence-electron chi connectivity index (χ3n) is 2.88. The predicted molar refractivity (Wildman–Crippen MR) is 67.2 cm³/mol. The highest BCUT2D eigenvalue weighted by Crippen LogP contribution is 2.21. The Hall–Kier alpha value is -1.62. The zero-order valence-corrected chi connectivity index (χ0v) is 10.3. The van der Waals surface area contributed by atoms with E-state index in [1.807, 2.05) is 0 Å². The largest absolute Gasteiger partial charge is 0.491 e. The van der Waals surface area contributed by atoms with Crippen LogP contribution in [0.4, 0.5) is 10.1 Å². The number of nitrogens with one attached hydrogen (secondary N) is 2. The number of hydrogen-bond donors (Lipinski definition) is 2. The molecular formula is C13H17FN2O2. The number of rotatable bonds is 4. The van der Waals surface area contributed by atoms with E-state index in [0.717, 1.165) is 19.4 Å². The van der Waals surface area contributed by atoms with E-state index >= 15 is 0 Å². The van der Waals surface area contributed by atoms with Gasteiger partial charge in [-0.15, -0.1) is 0 Å². The van der Waals surface area contributed by atoms with Gasteiger partial charge in [-0.05, 0) is 38.4 Å². The maximum absolute atomic E-state index is 13.6. The molecule has 5 heteroatoms. The van der Waals surface area contributed by atoms with Gasteiger partial charge in [0.2, 0.25) is 5.91 Å². The van der Waals surface area contributed by atoms with E-state index in [2.05, 4.69) is 10.6 Å². The van der Waals surface area contributed by atoms with Crippen molar-refractivity contribution >= 4 is 11.6 Å². The summed E-state index contributed by atoms with van der Waals surface area (Å²) in [6, 6.07) is 4.27. The average molecular weight is 252 g/mol. The molecule has 1 aromatic carbocycles. The summed E-state index contributed by atoms with van der Waals surface area (Å²) in [5, 5.41) is 5.79. The van der Waals surface area contributed by atoms with Crippen LogP contribution in [0.5, 0.6) is 5.75 Å². The third-order valence-corrected chi connectivity index (χ3v) is 2.88. The molecule has 18 heavy (non-hydrogen) atoms. The molecule has 1 fully saturated rings. The smallest absolute Gasteiger partial charge is 0.241 e. The fourth-order valence-corrected chi connectivity index (χ4v) is 1.99. The summed E-state index contributed by atoms with van der Waals surface area (Å²) in [6.45, 7) is 3.06. The summed E-state index contributed by atoms with van der Waals surface area (Å²) in [6.07, 6.45) is 1.82. The highest BCUT2D eigenvalue weighted by atomic mass is 19.1. The van der Waals surface area contributed by atoms with E-state index in [9.17, 15) is 9.18 Å². The number of ether oxygens (including phenoxy) is 1. The normalized spacial score (nSPS) is 18.7. The summed E-state index contributed by atoms with van der Waals surface area (Å²) in [5.41, 5.74) is 0.453. The Morgan fingerprint density at radius 3 is 3.06 bits per heavy atom. The van der Waals surface area contributed by atoms with Gasteiger partial charge in [-0.1, -0.05) is 0 Å². The summed E-state index contributed by atoms with van der Waals surface area (Å²) in [5.74, 6) is -0.375. The van der Waals surface area contributed by atoms with Crippen LogP contribution in [-0.2, 0) is 4.79 Å². The van der Waals surface area contributed by atoms with Crippen molar-refractivity contribution in [2.75, 3.05) is 18.5 Å². The van der Waals surface area contributed by atoms with Gasteiger partial charge in [0.1, 0.15) is 0 Å². The maximum Gasteiger partial charge on any atom is 0.241 e. The molecule has 0 saturated carbocycles. The lowest BCUT2D eigenvalue weighted by Crippen LogP contribution is -2.35. The molecule has 1 unspecified atom stereocenters. The first-order chi connectivity index (χ1) is 8.70. The number of hydrogen-bond acceptors (Lipinski definition) is 3. The topological polar surface area (TPSA) is 50.4 Å². The molecule has 1 aromatic rings. The number of benzene rings is 1. The lowest BCUT2D eigenvalue weighted by molar-refractivity contribution is -0.117. The second-order valence-corrected chi connectivity index (χ2v) is 4.22. The van der Waals surface area contributed by atoms with Gasteiger partial charge >= 0.3 is 0 Å². The number of amides is 1. The first-order valence-electron chi connectivity index (χ1n) is 6.17. The van der Waals surface area contributed by atoms with Crippen LogP contribution in [0.25, 0.3) is 0 Å². The van der Waals surface area contributed by atoms with Crippen molar-refractivity contribution in [3.8, 4) is 5.75 Å². The summed E-state index contributed by atoms with van der Waals surface area (Å²) < 4.78 is 18.7. The van der Waals surface area contributed by atoms with Crippen LogP contribution in [-0.4, -0.2) is 25.1 Å². The molecule has 2 rings (SSSR count). The molecule has 4 nitrogen and oxygen atoms in total. The minimum Gasteiger partial charge on any atom is -0.491 e. The van der Waals surface area contributed by atoms with E-state index in [1.54, 1.807) is 13.0 Å². The first-order valence-corrected chi connectivity index (χ1v) is 6.17. The van der Waals surface area contributed by atoms with Crippen LogP contribution in [0.2, 0.25) is 0 Å². The Bertz CT molecular complexity index is 431. The summed E-state index contributed by atoms with van der Waals surface area (Å²) in [7, 11) is 0. The third kappa shape index (κ3) is 2.98. The lowest BCUT2D eigenvalue weighted by Gasteiger charge is -2.12. The number of anilines is 1. The molecule has 0 bridgehead atoms. The van der Waals surface area contributed by atoms with Crippen LogP contribution in [0.15, 0.2) is 18.2 Å². The summed E-state index contributed by atoms with van der Waals surface area (Å²) >= 11 is 0. The van der Waals surface area contributed by atoms with Gasteiger partial charge in [-0.3, -0.25) is 4.79 Å². The van der Waals surface area contributed by atoms with Gasteiger partial charge in [0.25, 0.3) is 0 Å². The average Bonchev–Trinajstić information content (AvgIpc) is 2.86. The zero-order chi connectivity index (χ0) is 13.0. The molecule has 1 aliphatic rings. The summed E-state index contributed by atoms with van der Waals surface area (Å²) in [4.78, 5) is 11.8. The van der Waals surface area contributed by atoms with Crippen molar-refractivity contribution in [3.05, 3.63) is 24.0 Å². The van der Waals surface area contributed by atoms with Crippen molar-refractivity contribution < 1.29 is 13.9 Å². The van der Waals surface area contributed by atoms with Crippen molar-refractivity contribution in [2.45, 2.75) is 25.8 Å². The van der Waals surface area contributed by atoms with Crippen LogP contribution in [0.1, 0.15) is 19.8 Å². The molecule has 98 valence electrons.